The molecule has 0 atom stereocenters. The number of hydrogen-bond donors (Lipinski definition) is 2. The molecule has 1 amide bonds. The highest BCUT2D eigenvalue weighted by Gasteiger charge is 2.25. The fourth-order valence-corrected chi connectivity index (χ4v) is 4.46. The van der Waals surface area contributed by atoms with E-state index in [1.165, 1.54) is 6.20 Å². The largest absolute Gasteiger partial charge is 0.369 e. The summed E-state index contributed by atoms with van der Waals surface area (Å²) >= 11 is 0. The highest BCUT2D eigenvalue weighted by Crippen LogP contribution is 2.28. The first-order valence-corrected chi connectivity index (χ1v) is 10.7. The third-order valence-corrected chi connectivity index (χ3v) is 6.07. The molecule has 0 bridgehead atoms. The Morgan fingerprint density at radius 3 is 2.62 bits per heavy atom. The Labute approximate surface area is 192 Å². The number of piperidine rings is 1. The summed E-state index contributed by atoms with van der Waals surface area (Å²) in [4.78, 5) is 57.8. The molecule has 1 fully saturated rings. The van der Waals surface area contributed by atoms with E-state index in [4.69, 9.17) is 17.3 Å². The third-order valence-electron chi connectivity index (χ3n) is 6.07. The molecular weight excluding hydrogens is 436 g/mol. The molecule has 5 rings (SSSR count). The monoisotopic (exact) mass is 456 g/mol. The van der Waals surface area contributed by atoms with Crippen molar-refractivity contribution in [2.24, 2.45) is 5.73 Å². The molecule has 5 heterocycles. The number of rotatable bonds is 4. The highest BCUT2D eigenvalue weighted by molar-refractivity contribution is 6.01. The summed E-state index contributed by atoms with van der Waals surface area (Å²) in [6.07, 6.45) is 4.25. The Morgan fingerprint density at radius 1 is 1.15 bits per heavy atom. The van der Waals surface area contributed by atoms with Crippen LogP contribution in [0.2, 0.25) is 0 Å². The second kappa shape index (κ2) is 8.49. The van der Waals surface area contributed by atoms with Crippen LogP contribution in [0.25, 0.3) is 38.0 Å². The van der Waals surface area contributed by atoms with Crippen molar-refractivity contribution in [1.82, 2.24) is 29.4 Å². The average molecular weight is 456 g/mol. The number of likely N-dealkylation sites (tertiary alicyclic amines) is 1. The van der Waals surface area contributed by atoms with E-state index in [9.17, 15) is 14.4 Å². The minimum atomic E-state index is -0.521. The molecule has 11 heteroatoms. The van der Waals surface area contributed by atoms with Crippen molar-refractivity contribution in [3.8, 4) is 11.3 Å². The van der Waals surface area contributed by atoms with Crippen molar-refractivity contribution in [3.05, 3.63) is 68.9 Å². The fourth-order valence-electron chi connectivity index (χ4n) is 4.46. The molecule has 4 aromatic rings. The average Bonchev–Trinajstić information content (AvgIpc) is 2.84. The van der Waals surface area contributed by atoms with Gasteiger partial charge in [-0.25, -0.2) is 9.78 Å². The lowest BCUT2D eigenvalue weighted by Gasteiger charge is -2.32. The standard InChI is InChI=1S/C23H20N8O3/c1-25-19-5-2-13(10-27-19)16-3-4-17-20(28-16)21-15(11-26-17)22(33)29-23(34)31(21)14-6-8-30(9-7-14)12-18(24)32/h2-5,10-11,14H,6-9,12H2,(H2,24,32)(H,29,33,34). The predicted octanol–water partition coefficient (Wildman–Crippen LogP) is 1.37. The number of fused-ring (bicyclic) bond motifs is 3. The number of aromatic amines is 1. The number of primary amides is 1. The Hall–Kier alpha value is -4.43. The zero-order valence-electron chi connectivity index (χ0n) is 18.1. The number of nitrogens with one attached hydrogen (secondary N) is 1. The molecule has 0 radical (unpaired) electrons. The van der Waals surface area contributed by atoms with Crippen molar-refractivity contribution >= 4 is 33.7 Å². The topological polar surface area (TPSA) is 144 Å². The van der Waals surface area contributed by atoms with Gasteiger partial charge in [0.2, 0.25) is 5.91 Å². The van der Waals surface area contributed by atoms with Crippen LogP contribution in [0.3, 0.4) is 0 Å². The van der Waals surface area contributed by atoms with Gasteiger partial charge in [0.1, 0.15) is 11.7 Å². The third kappa shape index (κ3) is 3.80. The van der Waals surface area contributed by atoms with Gasteiger partial charge in [-0.15, -0.1) is 4.98 Å². The van der Waals surface area contributed by atoms with E-state index in [1.807, 2.05) is 4.90 Å². The summed E-state index contributed by atoms with van der Waals surface area (Å²) < 4.78 is 1.60. The van der Waals surface area contributed by atoms with Gasteiger partial charge in [-0.05, 0) is 31.0 Å². The number of carbonyl (C=O) groups excluding carboxylic acids is 1. The number of carbonyl (C=O) groups is 1. The lowest BCUT2D eigenvalue weighted by Crippen LogP contribution is -2.42. The van der Waals surface area contributed by atoms with E-state index in [-0.39, 0.29) is 23.8 Å². The van der Waals surface area contributed by atoms with E-state index in [0.717, 1.165) is 0 Å². The van der Waals surface area contributed by atoms with Crippen LogP contribution in [0.15, 0.2) is 46.2 Å². The molecule has 1 aliphatic heterocycles. The lowest BCUT2D eigenvalue weighted by atomic mass is 10.0. The molecule has 34 heavy (non-hydrogen) atoms. The summed E-state index contributed by atoms with van der Waals surface area (Å²) in [5, 5.41) is 0.276. The van der Waals surface area contributed by atoms with Gasteiger partial charge in [-0.1, -0.05) is 12.6 Å². The Morgan fingerprint density at radius 2 is 1.94 bits per heavy atom. The van der Waals surface area contributed by atoms with Gasteiger partial charge >= 0.3 is 5.69 Å². The summed E-state index contributed by atoms with van der Waals surface area (Å²) in [6.45, 7) is 8.44. The van der Waals surface area contributed by atoms with Crippen molar-refractivity contribution in [1.29, 1.82) is 0 Å². The van der Waals surface area contributed by atoms with E-state index < -0.39 is 17.2 Å². The van der Waals surface area contributed by atoms with Gasteiger partial charge in [0, 0.05) is 30.9 Å². The van der Waals surface area contributed by atoms with Crippen molar-refractivity contribution in [2.45, 2.75) is 18.9 Å². The van der Waals surface area contributed by atoms with Crippen LogP contribution in [-0.4, -0.2) is 54.9 Å². The van der Waals surface area contributed by atoms with Crippen LogP contribution in [0.4, 0.5) is 5.82 Å². The highest BCUT2D eigenvalue weighted by atomic mass is 16.2. The van der Waals surface area contributed by atoms with Crippen molar-refractivity contribution < 1.29 is 4.79 Å². The van der Waals surface area contributed by atoms with Gasteiger partial charge in [0.15, 0.2) is 0 Å². The molecule has 0 aromatic carbocycles. The number of nitrogens with two attached hydrogens (primary N) is 1. The SMILES string of the molecule is [C-]#[N+]c1ccc(-c2ccc3ncc4c(=O)[nH]c(=O)n(C5CCN(CC(N)=O)CC5)c4c3n2)cn1. The first-order valence-electron chi connectivity index (χ1n) is 10.7. The first kappa shape index (κ1) is 21.4. The summed E-state index contributed by atoms with van der Waals surface area (Å²) in [6, 6.07) is 6.74. The normalized spacial score (nSPS) is 14.9. The van der Waals surface area contributed by atoms with Gasteiger partial charge < -0.3 is 10.6 Å². The molecule has 0 saturated carbocycles. The maximum atomic E-state index is 13.0. The zero-order valence-corrected chi connectivity index (χ0v) is 18.1. The van der Waals surface area contributed by atoms with Crippen LogP contribution in [0.1, 0.15) is 18.9 Å². The zero-order chi connectivity index (χ0) is 23.8. The molecule has 11 nitrogen and oxygen atoms in total. The number of pyridine rings is 3. The van der Waals surface area contributed by atoms with Crippen LogP contribution in [-0.2, 0) is 4.79 Å². The summed E-state index contributed by atoms with van der Waals surface area (Å²) in [7, 11) is 0. The van der Waals surface area contributed by atoms with Crippen molar-refractivity contribution in [3.63, 3.8) is 0 Å². The molecule has 3 N–H and O–H groups in total. The van der Waals surface area contributed by atoms with Gasteiger partial charge in [-0.3, -0.25) is 29.0 Å². The quantitative estimate of drug-likeness (QED) is 0.348. The maximum Gasteiger partial charge on any atom is 0.329 e. The molecular formula is C23H20N8O3. The Kier molecular flexibility index (Phi) is 5.35. The molecule has 0 aliphatic carbocycles. The first-order chi connectivity index (χ1) is 16.4. The lowest BCUT2D eigenvalue weighted by molar-refractivity contribution is -0.119. The fraction of sp³-hybridized carbons (Fsp3) is 0.261. The van der Waals surface area contributed by atoms with E-state index >= 15 is 0 Å². The van der Waals surface area contributed by atoms with E-state index in [2.05, 4.69) is 19.8 Å². The Balaban J connectivity index is 1.67. The molecule has 1 saturated heterocycles. The van der Waals surface area contributed by atoms with Crippen LogP contribution < -0.4 is 17.0 Å². The van der Waals surface area contributed by atoms with E-state index in [1.54, 1.807) is 35.0 Å². The van der Waals surface area contributed by atoms with Crippen LogP contribution in [0, 0.1) is 6.57 Å². The van der Waals surface area contributed by atoms with Gasteiger partial charge in [-0.2, -0.15) is 0 Å². The smallest absolute Gasteiger partial charge is 0.329 e. The maximum absolute atomic E-state index is 13.0. The predicted molar refractivity (Wildman–Crippen MR) is 125 cm³/mol. The van der Waals surface area contributed by atoms with Crippen LogP contribution >= 0.6 is 0 Å². The van der Waals surface area contributed by atoms with Gasteiger partial charge in [0.05, 0.1) is 28.7 Å². The second-order valence-corrected chi connectivity index (χ2v) is 8.20. The second-order valence-electron chi connectivity index (χ2n) is 8.20. The van der Waals surface area contributed by atoms with Crippen molar-refractivity contribution in [2.75, 3.05) is 19.6 Å². The minimum Gasteiger partial charge on any atom is -0.369 e. The molecule has 4 aromatic heterocycles. The molecule has 0 unspecified atom stereocenters. The Bertz CT molecular complexity index is 1580. The molecule has 1 aliphatic rings. The number of amides is 1. The van der Waals surface area contributed by atoms with Crippen LogP contribution in [0.5, 0.6) is 0 Å². The number of nitrogens with zero attached hydrogens (tertiary/aromatic N) is 6. The summed E-state index contributed by atoms with van der Waals surface area (Å²) in [5.74, 6) is -0.113. The van der Waals surface area contributed by atoms with Gasteiger partial charge in [0.25, 0.3) is 11.4 Å². The number of aromatic nitrogens is 5. The minimum absolute atomic E-state index is 0.173. The molecule has 0 spiro atoms. The van der Waals surface area contributed by atoms with E-state index in [0.29, 0.717) is 53.7 Å². The molecule has 170 valence electrons. The number of H-pyrrole nitrogens is 1. The summed E-state index contributed by atoms with van der Waals surface area (Å²) in [5.41, 5.74) is 6.99. The number of hydrogen-bond acceptors (Lipinski definition) is 7.